The lowest BCUT2D eigenvalue weighted by atomic mass is 10.0. The van der Waals surface area contributed by atoms with Crippen LogP contribution >= 0.6 is 11.6 Å². The summed E-state index contributed by atoms with van der Waals surface area (Å²) in [6.07, 6.45) is 0. The third-order valence-electron chi connectivity index (χ3n) is 2.65. The van der Waals surface area contributed by atoms with Gasteiger partial charge in [0.15, 0.2) is 0 Å². The molecule has 0 amide bonds. The van der Waals surface area contributed by atoms with Crippen LogP contribution in [0.3, 0.4) is 0 Å². The Labute approximate surface area is 105 Å². The third kappa shape index (κ3) is 2.27. The van der Waals surface area contributed by atoms with Crippen LogP contribution in [0.5, 0.6) is 5.75 Å². The van der Waals surface area contributed by atoms with Crippen molar-refractivity contribution >= 4 is 11.6 Å². The van der Waals surface area contributed by atoms with Crippen molar-refractivity contribution in [3.8, 4) is 16.9 Å². The first-order valence-corrected chi connectivity index (χ1v) is 5.60. The van der Waals surface area contributed by atoms with E-state index in [9.17, 15) is 4.39 Å². The number of ether oxygens (including phenoxy) is 1. The first-order valence-electron chi connectivity index (χ1n) is 5.22. The van der Waals surface area contributed by atoms with E-state index in [1.807, 2.05) is 19.1 Å². The molecule has 1 nitrogen and oxygen atoms in total. The summed E-state index contributed by atoms with van der Waals surface area (Å²) in [6, 6.07) is 10.2. The molecule has 2 aromatic carbocycles. The maximum atomic E-state index is 13.7. The Hall–Kier alpha value is -1.54. The van der Waals surface area contributed by atoms with Gasteiger partial charge in [-0.3, -0.25) is 0 Å². The van der Waals surface area contributed by atoms with E-state index >= 15 is 0 Å². The second kappa shape index (κ2) is 4.76. The fourth-order valence-corrected chi connectivity index (χ4v) is 2.08. The van der Waals surface area contributed by atoms with Crippen LogP contribution in [0.15, 0.2) is 36.4 Å². The molecule has 0 aliphatic carbocycles. The van der Waals surface area contributed by atoms with Crippen LogP contribution in [0, 0.1) is 12.7 Å². The highest BCUT2D eigenvalue weighted by atomic mass is 35.5. The summed E-state index contributed by atoms with van der Waals surface area (Å²) >= 11 is 6.02. The third-order valence-corrected chi connectivity index (χ3v) is 2.96. The van der Waals surface area contributed by atoms with Crippen molar-refractivity contribution in [3.63, 3.8) is 0 Å². The first-order chi connectivity index (χ1) is 8.13. The molecule has 0 radical (unpaired) electrons. The molecule has 0 saturated carbocycles. The van der Waals surface area contributed by atoms with Crippen LogP contribution in [0.25, 0.3) is 11.1 Å². The fourth-order valence-electron chi connectivity index (χ4n) is 1.81. The van der Waals surface area contributed by atoms with Crippen molar-refractivity contribution in [1.82, 2.24) is 0 Å². The Morgan fingerprint density at radius 2 is 1.94 bits per heavy atom. The SMILES string of the molecule is COc1ccc(-c2c(F)cccc2Cl)cc1C. The summed E-state index contributed by atoms with van der Waals surface area (Å²) in [4.78, 5) is 0. The zero-order valence-corrected chi connectivity index (χ0v) is 10.4. The molecule has 0 unspecified atom stereocenters. The Balaban J connectivity index is 2.57. The zero-order valence-electron chi connectivity index (χ0n) is 9.63. The lowest BCUT2D eigenvalue weighted by Gasteiger charge is -2.09. The Morgan fingerprint density at radius 1 is 1.18 bits per heavy atom. The fraction of sp³-hybridized carbons (Fsp3) is 0.143. The molecule has 2 rings (SSSR count). The smallest absolute Gasteiger partial charge is 0.132 e. The summed E-state index contributed by atoms with van der Waals surface area (Å²) in [5, 5.41) is 0.412. The molecule has 17 heavy (non-hydrogen) atoms. The number of hydrogen-bond acceptors (Lipinski definition) is 1. The lowest BCUT2D eigenvalue weighted by molar-refractivity contribution is 0.412. The van der Waals surface area contributed by atoms with Crippen molar-refractivity contribution in [3.05, 3.63) is 52.8 Å². The molecule has 3 heteroatoms. The Kier molecular flexibility index (Phi) is 3.34. The number of benzene rings is 2. The number of methoxy groups -OCH3 is 1. The van der Waals surface area contributed by atoms with Gasteiger partial charge in [-0.1, -0.05) is 23.7 Å². The van der Waals surface area contributed by atoms with Crippen LogP contribution in [0.1, 0.15) is 5.56 Å². The average Bonchev–Trinajstić information content (AvgIpc) is 2.29. The van der Waals surface area contributed by atoms with Gasteiger partial charge in [-0.25, -0.2) is 4.39 Å². The lowest BCUT2D eigenvalue weighted by Crippen LogP contribution is -1.90. The largest absolute Gasteiger partial charge is 0.496 e. The summed E-state index contributed by atoms with van der Waals surface area (Å²) in [5.74, 6) is 0.461. The number of rotatable bonds is 2. The van der Waals surface area contributed by atoms with Gasteiger partial charge in [0.25, 0.3) is 0 Å². The van der Waals surface area contributed by atoms with Gasteiger partial charge in [0.05, 0.1) is 12.1 Å². The Bertz CT molecular complexity index is 532. The molecule has 0 fully saturated rings. The minimum absolute atomic E-state index is 0.318. The van der Waals surface area contributed by atoms with Gasteiger partial charge in [0.1, 0.15) is 11.6 Å². The van der Waals surface area contributed by atoms with E-state index in [4.69, 9.17) is 16.3 Å². The minimum atomic E-state index is -0.318. The highest BCUT2D eigenvalue weighted by molar-refractivity contribution is 6.33. The van der Waals surface area contributed by atoms with E-state index < -0.39 is 0 Å². The van der Waals surface area contributed by atoms with Gasteiger partial charge in [0, 0.05) is 5.56 Å². The molecule has 0 heterocycles. The number of aryl methyl sites for hydroxylation is 1. The van der Waals surface area contributed by atoms with Gasteiger partial charge in [0.2, 0.25) is 0 Å². The van der Waals surface area contributed by atoms with Crippen molar-refractivity contribution in [2.45, 2.75) is 6.92 Å². The second-order valence-electron chi connectivity index (χ2n) is 3.78. The van der Waals surface area contributed by atoms with E-state index in [0.717, 1.165) is 16.9 Å². The predicted molar refractivity (Wildman–Crippen MR) is 68.1 cm³/mol. The molecular weight excluding hydrogens is 239 g/mol. The van der Waals surface area contributed by atoms with E-state index in [1.54, 1.807) is 25.3 Å². The van der Waals surface area contributed by atoms with Crippen molar-refractivity contribution in [2.75, 3.05) is 7.11 Å². The van der Waals surface area contributed by atoms with Gasteiger partial charge in [-0.2, -0.15) is 0 Å². The van der Waals surface area contributed by atoms with Crippen molar-refractivity contribution in [2.24, 2.45) is 0 Å². The van der Waals surface area contributed by atoms with E-state index in [1.165, 1.54) is 6.07 Å². The van der Waals surface area contributed by atoms with Crippen LogP contribution < -0.4 is 4.74 Å². The molecule has 2 aromatic rings. The van der Waals surface area contributed by atoms with Crippen LogP contribution in [0.4, 0.5) is 4.39 Å². The van der Waals surface area contributed by atoms with E-state index in [0.29, 0.717) is 10.6 Å². The highest BCUT2D eigenvalue weighted by Gasteiger charge is 2.10. The van der Waals surface area contributed by atoms with E-state index in [-0.39, 0.29) is 5.82 Å². The molecule has 0 aromatic heterocycles. The maximum absolute atomic E-state index is 13.7. The van der Waals surface area contributed by atoms with Gasteiger partial charge in [-0.05, 0) is 42.3 Å². The average molecular weight is 251 g/mol. The maximum Gasteiger partial charge on any atom is 0.132 e. The molecule has 0 aliphatic heterocycles. The Morgan fingerprint density at radius 3 is 2.53 bits per heavy atom. The molecule has 0 saturated heterocycles. The summed E-state index contributed by atoms with van der Waals surface area (Å²) in [7, 11) is 1.61. The molecule has 0 atom stereocenters. The standard InChI is InChI=1S/C14H12ClFO/c1-9-8-10(6-7-13(9)17-2)14-11(15)4-3-5-12(14)16/h3-8H,1-2H3. The summed E-state index contributed by atoms with van der Waals surface area (Å²) in [5.41, 5.74) is 2.13. The number of halogens is 2. The molecular formula is C14H12ClFO. The highest BCUT2D eigenvalue weighted by Crippen LogP contribution is 2.32. The van der Waals surface area contributed by atoms with Gasteiger partial charge >= 0.3 is 0 Å². The van der Waals surface area contributed by atoms with Gasteiger partial charge in [-0.15, -0.1) is 0 Å². The second-order valence-corrected chi connectivity index (χ2v) is 4.19. The molecule has 0 bridgehead atoms. The minimum Gasteiger partial charge on any atom is -0.496 e. The molecule has 0 aliphatic rings. The quantitative estimate of drug-likeness (QED) is 0.765. The predicted octanol–water partition coefficient (Wildman–Crippen LogP) is 4.46. The molecule has 0 spiro atoms. The summed E-state index contributed by atoms with van der Waals surface area (Å²) < 4.78 is 18.9. The normalized spacial score (nSPS) is 10.4. The number of hydrogen-bond donors (Lipinski definition) is 0. The van der Waals surface area contributed by atoms with E-state index in [2.05, 4.69) is 0 Å². The topological polar surface area (TPSA) is 9.23 Å². The molecule has 88 valence electrons. The monoisotopic (exact) mass is 250 g/mol. The first kappa shape index (κ1) is 11.9. The van der Waals surface area contributed by atoms with Gasteiger partial charge < -0.3 is 4.74 Å². The van der Waals surface area contributed by atoms with Crippen LogP contribution in [0.2, 0.25) is 5.02 Å². The summed E-state index contributed by atoms with van der Waals surface area (Å²) in [6.45, 7) is 1.91. The van der Waals surface area contributed by atoms with Crippen molar-refractivity contribution in [1.29, 1.82) is 0 Å². The molecule has 0 N–H and O–H groups in total. The van der Waals surface area contributed by atoms with Crippen LogP contribution in [-0.2, 0) is 0 Å². The van der Waals surface area contributed by atoms with Crippen molar-refractivity contribution < 1.29 is 9.13 Å². The zero-order chi connectivity index (χ0) is 12.4. The van der Waals surface area contributed by atoms with Crippen LogP contribution in [-0.4, -0.2) is 7.11 Å².